The summed E-state index contributed by atoms with van der Waals surface area (Å²) in [5, 5.41) is 10.3. The van der Waals surface area contributed by atoms with Crippen molar-refractivity contribution in [1.82, 2.24) is 39.6 Å². The first-order valence-electron chi connectivity index (χ1n) is 21.6. The van der Waals surface area contributed by atoms with E-state index in [1.165, 1.54) is 27.6 Å². The van der Waals surface area contributed by atoms with E-state index in [9.17, 15) is 19.2 Å². The number of hydrogen-bond acceptors (Lipinski definition) is 11. The number of anilines is 4. The third kappa shape index (κ3) is 8.07. The molecule has 0 unspecified atom stereocenters. The number of urea groups is 1. The van der Waals surface area contributed by atoms with E-state index >= 15 is 0 Å². The Labute approximate surface area is 361 Å². The lowest BCUT2D eigenvalue weighted by molar-refractivity contribution is -0.120. The predicted molar refractivity (Wildman–Crippen MR) is 238 cm³/mol. The Hall–Kier alpha value is -6.39. The number of hydrogen-bond donors (Lipinski definition) is 3. The second kappa shape index (κ2) is 16.8. The van der Waals surface area contributed by atoms with Crippen LogP contribution >= 0.6 is 0 Å². The quantitative estimate of drug-likeness (QED) is 0.188. The molecule has 62 heavy (non-hydrogen) atoms. The molecule has 0 spiro atoms. The number of imidazole rings is 1. The molecule has 1 aliphatic carbocycles. The van der Waals surface area contributed by atoms with Crippen LogP contribution in [0.5, 0.6) is 0 Å². The lowest BCUT2D eigenvalue weighted by atomic mass is 10.0. The highest BCUT2D eigenvalue weighted by Gasteiger charge is 2.35. The smallest absolute Gasteiger partial charge is 0.328 e. The van der Waals surface area contributed by atoms with Gasteiger partial charge in [0.2, 0.25) is 5.91 Å². The number of piperazine rings is 1. The number of amides is 5. The maximum atomic E-state index is 13.5. The number of aryl methyl sites for hydroxylation is 1. The third-order valence-electron chi connectivity index (χ3n) is 13.2. The Bertz CT molecular complexity index is 2540. The number of aromatic nitrogens is 4. The van der Waals surface area contributed by atoms with Crippen molar-refractivity contribution in [1.29, 1.82) is 0 Å². The molecule has 5 amide bonds. The van der Waals surface area contributed by atoms with E-state index in [-0.39, 0.29) is 23.9 Å². The van der Waals surface area contributed by atoms with E-state index in [1.54, 1.807) is 6.07 Å². The van der Waals surface area contributed by atoms with Crippen LogP contribution in [0.2, 0.25) is 0 Å². The van der Waals surface area contributed by atoms with Crippen LogP contribution in [0.1, 0.15) is 64.2 Å². The molecule has 4 aliphatic heterocycles. The fourth-order valence-electron chi connectivity index (χ4n) is 9.00. The van der Waals surface area contributed by atoms with Gasteiger partial charge in [-0.05, 0) is 72.6 Å². The van der Waals surface area contributed by atoms with E-state index in [1.807, 2.05) is 49.3 Å². The summed E-state index contributed by atoms with van der Waals surface area (Å²) in [6, 6.07) is 17.9. The van der Waals surface area contributed by atoms with Crippen molar-refractivity contribution >= 4 is 52.3 Å². The second-order valence-corrected chi connectivity index (χ2v) is 17.3. The Balaban J connectivity index is 0.000000916. The molecule has 5 aliphatic rings. The summed E-state index contributed by atoms with van der Waals surface area (Å²) in [7, 11) is 1.81. The van der Waals surface area contributed by atoms with Crippen LogP contribution in [0, 0.1) is 18.8 Å². The largest absolute Gasteiger partial charge is 0.385 e. The van der Waals surface area contributed by atoms with Gasteiger partial charge in [0.25, 0.3) is 11.8 Å². The number of imide groups is 1. The molecule has 322 valence electrons. The number of nitrogens with one attached hydrogen (secondary N) is 2. The number of pyridine rings is 1. The first-order chi connectivity index (χ1) is 29.9. The van der Waals surface area contributed by atoms with Gasteiger partial charge >= 0.3 is 6.03 Å². The minimum absolute atomic E-state index is 0.0406. The molecule has 0 radical (unpaired) electrons. The number of benzene rings is 2. The van der Waals surface area contributed by atoms with Gasteiger partial charge in [-0.25, -0.2) is 14.3 Å². The van der Waals surface area contributed by atoms with Gasteiger partial charge in [-0.2, -0.15) is 0 Å². The lowest BCUT2D eigenvalue weighted by Gasteiger charge is -2.48. The normalized spacial score (nSPS) is 20.4. The monoisotopic (exact) mass is 838 g/mol. The zero-order chi connectivity index (χ0) is 43.2. The predicted octanol–water partition coefficient (Wildman–Crippen LogP) is 4.69. The highest BCUT2D eigenvalue weighted by Crippen LogP contribution is 2.40. The first-order valence-corrected chi connectivity index (χ1v) is 21.6. The zero-order valence-corrected chi connectivity index (χ0v) is 35.8. The van der Waals surface area contributed by atoms with E-state index in [2.05, 4.69) is 68.4 Å². The molecule has 0 bridgehead atoms. The van der Waals surface area contributed by atoms with Gasteiger partial charge in [0.15, 0.2) is 11.5 Å². The maximum absolute atomic E-state index is 13.5. The highest BCUT2D eigenvalue weighted by atomic mass is 16.2. The Morgan fingerprint density at radius 3 is 2.31 bits per heavy atom. The molecule has 3 saturated heterocycles. The van der Waals surface area contributed by atoms with Crippen molar-refractivity contribution in [3.05, 3.63) is 94.9 Å². The van der Waals surface area contributed by atoms with Crippen LogP contribution in [-0.2, 0) is 17.8 Å². The molecule has 3 aromatic heterocycles. The number of rotatable bonds is 9. The van der Waals surface area contributed by atoms with Crippen LogP contribution < -0.4 is 26.2 Å². The summed E-state index contributed by atoms with van der Waals surface area (Å²) < 4.78 is 1.50. The van der Waals surface area contributed by atoms with E-state index < -0.39 is 11.9 Å². The number of carbonyl (C=O) groups is 4. The zero-order valence-electron chi connectivity index (χ0n) is 35.8. The van der Waals surface area contributed by atoms with Gasteiger partial charge < -0.3 is 20.9 Å². The SMILES string of the molecule is CNc1cc(N2CCc3c(-c4ccc(CN5CC(N6CCN(C(=O)c7ccc(C)c(N8CCC(=O)NC8=O)c7)CC6)C5)cn4)cccc32)nn2c(C(N)=O)cnc12.C[C@@H]1C[C@@H]1C. The van der Waals surface area contributed by atoms with Crippen molar-refractivity contribution in [3.63, 3.8) is 0 Å². The summed E-state index contributed by atoms with van der Waals surface area (Å²) in [5.74, 6) is 1.88. The van der Waals surface area contributed by atoms with Gasteiger partial charge in [0.1, 0.15) is 5.69 Å². The summed E-state index contributed by atoms with van der Waals surface area (Å²) in [6.07, 6.45) is 5.96. The van der Waals surface area contributed by atoms with Crippen molar-refractivity contribution in [2.24, 2.45) is 17.6 Å². The van der Waals surface area contributed by atoms with Crippen LogP contribution in [0.15, 0.2) is 67.0 Å². The number of likely N-dealkylation sites (tertiary alicyclic amines) is 1. The fraction of sp³-hybridized carbons (Fsp3) is 0.413. The number of nitrogens with zero attached hydrogens (tertiary/aromatic N) is 9. The third-order valence-corrected chi connectivity index (χ3v) is 13.2. The molecule has 10 rings (SSSR count). The first kappa shape index (κ1) is 41.0. The van der Waals surface area contributed by atoms with Gasteiger partial charge in [0.05, 0.1) is 17.6 Å². The average Bonchev–Trinajstić information content (AvgIpc) is 3.57. The molecule has 4 N–H and O–H groups in total. The molecule has 5 aromatic rings. The Kier molecular flexibility index (Phi) is 11.1. The highest BCUT2D eigenvalue weighted by molar-refractivity contribution is 6.06. The summed E-state index contributed by atoms with van der Waals surface area (Å²) in [6.45, 7) is 13.2. The van der Waals surface area contributed by atoms with Crippen molar-refractivity contribution in [3.8, 4) is 11.3 Å². The molecule has 2 atom stereocenters. The van der Waals surface area contributed by atoms with Crippen molar-refractivity contribution < 1.29 is 19.2 Å². The molecule has 4 fully saturated rings. The standard InChI is InChI=1S/C41H44N12O4.C5H10/c1-25-6-8-27(18-34(25)52-13-11-37(54)46-41(52)57)40(56)50-16-14-49(15-17-50)28-23-48(24-28)22-26-7-9-31(44-20-26)29-4-3-5-33-30(29)10-12-51(33)36-19-32(43-2)39-45-21-35(38(42)55)53(39)47-36;1-4-3-5(4)2/h3-9,18-21,28,43H,10-17,22-24H2,1-2H3,(H2,42,55)(H,46,54,57);4-5H,3H2,1-2H3/t;4-,5+. The van der Waals surface area contributed by atoms with Crippen LogP contribution in [0.25, 0.3) is 16.9 Å². The molecule has 16 nitrogen and oxygen atoms in total. The lowest BCUT2D eigenvalue weighted by Crippen LogP contribution is -2.63. The molecule has 7 heterocycles. The van der Waals surface area contributed by atoms with Gasteiger partial charge in [-0.3, -0.25) is 39.4 Å². The van der Waals surface area contributed by atoms with E-state index in [0.29, 0.717) is 48.4 Å². The topological polar surface area (TPSA) is 178 Å². The number of fused-ring (bicyclic) bond motifs is 2. The number of nitrogens with two attached hydrogens (primary N) is 1. The van der Waals surface area contributed by atoms with Gasteiger partial charge in [-0.1, -0.05) is 38.1 Å². The second-order valence-electron chi connectivity index (χ2n) is 17.3. The van der Waals surface area contributed by atoms with E-state index in [4.69, 9.17) is 15.8 Å². The molecule has 16 heteroatoms. The van der Waals surface area contributed by atoms with E-state index in [0.717, 1.165) is 91.3 Å². The van der Waals surface area contributed by atoms with Gasteiger partial charge in [0, 0.05) is 113 Å². The minimum atomic E-state index is -0.589. The number of primary amides is 1. The van der Waals surface area contributed by atoms with Crippen LogP contribution in [0.4, 0.5) is 27.7 Å². The molecular formula is C46H54N12O4. The summed E-state index contributed by atoms with van der Waals surface area (Å²) >= 11 is 0. The van der Waals surface area contributed by atoms with Crippen LogP contribution in [-0.4, -0.2) is 123 Å². The minimum Gasteiger partial charge on any atom is -0.385 e. The molecule has 2 aromatic carbocycles. The molecular weight excluding hydrogens is 785 g/mol. The summed E-state index contributed by atoms with van der Waals surface area (Å²) in [4.78, 5) is 69.5. The summed E-state index contributed by atoms with van der Waals surface area (Å²) in [5.41, 5.74) is 14.6. The maximum Gasteiger partial charge on any atom is 0.328 e. The average molecular weight is 839 g/mol. The fourth-order valence-corrected chi connectivity index (χ4v) is 9.00. The van der Waals surface area contributed by atoms with Crippen molar-refractivity contribution in [2.45, 2.75) is 52.6 Å². The van der Waals surface area contributed by atoms with Crippen LogP contribution in [0.3, 0.4) is 0 Å². The van der Waals surface area contributed by atoms with Crippen molar-refractivity contribution in [2.75, 3.05) is 74.5 Å². The number of carbonyl (C=O) groups excluding carboxylic acids is 4. The Morgan fingerprint density at radius 2 is 1.63 bits per heavy atom. The Morgan fingerprint density at radius 1 is 0.871 bits per heavy atom. The van der Waals surface area contributed by atoms with Gasteiger partial charge in [-0.15, -0.1) is 5.10 Å². The molecule has 1 saturated carbocycles.